The fourth-order valence-corrected chi connectivity index (χ4v) is 3.49. The molecule has 27 heavy (non-hydrogen) atoms. The van der Waals surface area contributed by atoms with Crippen molar-refractivity contribution in [3.8, 4) is 5.75 Å². The third-order valence-electron chi connectivity index (χ3n) is 4.93. The summed E-state index contributed by atoms with van der Waals surface area (Å²) in [6.45, 7) is 1.28. The number of hydrogen-bond donors (Lipinski definition) is 2. The van der Waals surface area contributed by atoms with Gasteiger partial charge < -0.3 is 15.2 Å². The molecule has 148 valence electrons. The van der Waals surface area contributed by atoms with Crippen LogP contribution in [-0.2, 0) is 4.79 Å². The molecule has 3 rings (SSSR count). The Hall–Kier alpha value is -1.89. The van der Waals surface area contributed by atoms with Crippen molar-refractivity contribution in [2.45, 2.75) is 19.3 Å². The number of hydrogen-bond acceptors (Lipinski definition) is 5. The number of aromatic nitrogens is 1. The quantitative estimate of drug-likeness (QED) is 0.704. The van der Waals surface area contributed by atoms with Gasteiger partial charge in [-0.15, -0.1) is 24.8 Å². The van der Waals surface area contributed by atoms with Gasteiger partial charge in [0.2, 0.25) is 0 Å². The fraction of sp³-hybridized carbons (Fsp3) is 0.421. The van der Waals surface area contributed by atoms with Crippen LogP contribution in [0, 0.1) is 11.8 Å². The van der Waals surface area contributed by atoms with Gasteiger partial charge in [0.1, 0.15) is 5.75 Å². The number of nitrogens with one attached hydrogen (secondary N) is 1. The van der Waals surface area contributed by atoms with Gasteiger partial charge in [0, 0.05) is 30.1 Å². The molecule has 1 aliphatic heterocycles. The number of aliphatic carboxylic acids is 1. The maximum Gasteiger partial charge on any atom is 0.308 e. The van der Waals surface area contributed by atoms with Gasteiger partial charge in [-0.2, -0.15) is 0 Å². The molecule has 0 bridgehead atoms. The topological polar surface area (TPSA) is 88.5 Å². The Balaban J connectivity index is 0.00000182. The van der Waals surface area contributed by atoms with E-state index in [1.807, 2.05) is 18.2 Å². The second kappa shape index (κ2) is 10.4. The molecule has 0 aliphatic carbocycles. The highest BCUT2D eigenvalue weighted by atomic mass is 35.5. The summed E-state index contributed by atoms with van der Waals surface area (Å²) in [6.07, 6.45) is 3.35. The van der Waals surface area contributed by atoms with Crippen molar-refractivity contribution in [3.63, 3.8) is 0 Å². The number of halogens is 2. The number of rotatable bonds is 6. The lowest BCUT2D eigenvalue weighted by molar-refractivity contribution is -0.144. The first-order chi connectivity index (χ1) is 12.1. The minimum atomic E-state index is -0.788. The minimum absolute atomic E-state index is 0. The highest BCUT2D eigenvalue weighted by Gasteiger charge is 2.30. The Morgan fingerprint density at radius 2 is 2.07 bits per heavy atom. The monoisotopic (exact) mass is 414 g/mol. The molecular weight excluding hydrogens is 391 g/mol. The van der Waals surface area contributed by atoms with E-state index in [1.165, 1.54) is 0 Å². The molecule has 1 fully saturated rings. The van der Waals surface area contributed by atoms with Crippen molar-refractivity contribution in [3.05, 3.63) is 36.0 Å². The minimum Gasteiger partial charge on any atom is -0.497 e. The molecule has 2 heterocycles. The number of carbonyl (C=O) groups is 2. The van der Waals surface area contributed by atoms with Crippen LogP contribution in [0.2, 0.25) is 0 Å². The van der Waals surface area contributed by atoms with Crippen LogP contribution in [0.4, 0.5) is 0 Å². The number of carbonyl (C=O) groups excluding carboxylic acids is 1. The van der Waals surface area contributed by atoms with Crippen LogP contribution in [0.5, 0.6) is 5.75 Å². The van der Waals surface area contributed by atoms with Gasteiger partial charge in [-0.25, -0.2) is 0 Å². The summed E-state index contributed by atoms with van der Waals surface area (Å²) in [5, 5.41) is 13.2. The number of fused-ring (bicyclic) bond motifs is 1. The van der Waals surface area contributed by atoms with Gasteiger partial charge in [-0.3, -0.25) is 14.6 Å². The summed E-state index contributed by atoms with van der Waals surface area (Å²) in [6, 6.07) is 7.19. The van der Waals surface area contributed by atoms with Crippen molar-refractivity contribution in [1.82, 2.24) is 10.3 Å². The molecule has 6 nitrogen and oxygen atoms in total. The first kappa shape index (κ1) is 23.1. The lowest BCUT2D eigenvalue weighted by Crippen LogP contribution is -2.41. The average molecular weight is 415 g/mol. The predicted molar refractivity (Wildman–Crippen MR) is 108 cm³/mol. The van der Waals surface area contributed by atoms with Crippen LogP contribution in [0.3, 0.4) is 0 Å². The molecule has 2 aromatic rings. The van der Waals surface area contributed by atoms with E-state index in [2.05, 4.69) is 10.3 Å². The van der Waals surface area contributed by atoms with Crippen molar-refractivity contribution in [2.24, 2.45) is 11.8 Å². The molecule has 8 heteroatoms. The Labute approximate surface area is 170 Å². The third kappa shape index (κ3) is 5.31. The van der Waals surface area contributed by atoms with Crippen LogP contribution in [0.15, 0.2) is 30.5 Å². The number of methoxy groups -OCH3 is 1. The zero-order valence-corrected chi connectivity index (χ0v) is 16.6. The molecular formula is C19H24Cl2N2O4. The maximum absolute atomic E-state index is 12.7. The highest BCUT2D eigenvalue weighted by Crippen LogP contribution is 2.27. The second-order valence-corrected chi connectivity index (χ2v) is 6.40. The molecule has 1 saturated heterocycles. The number of pyridine rings is 1. The molecule has 1 aromatic carbocycles. The summed E-state index contributed by atoms with van der Waals surface area (Å²) < 4.78 is 5.24. The molecule has 1 aliphatic rings. The number of benzene rings is 1. The number of ether oxygens (including phenoxy) is 1. The lowest BCUT2D eigenvalue weighted by Gasteiger charge is -2.29. The molecule has 2 N–H and O–H groups in total. The zero-order valence-electron chi connectivity index (χ0n) is 15.0. The molecule has 0 amide bonds. The number of piperidine rings is 1. The van der Waals surface area contributed by atoms with E-state index in [0.29, 0.717) is 30.7 Å². The van der Waals surface area contributed by atoms with Gasteiger partial charge in [-0.1, -0.05) is 0 Å². The first-order valence-corrected chi connectivity index (χ1v) is 8.49. The summed E-state index contributed by atoms with van der Waals surface area (Å²) in [5.74, 6) is -0.480. The van der Waals surface area contributed by atoms with Crippen LogP contribution < -0.4 is 10.1 Å². The number of ketones is 1. The van der Waals surface area contributed by atoms with Gasteiger partial charge in [0.25, 0.3) is 0 Å². The molecule has 2 atom stereocenters. The van der Waals surface area contributed by atoms with Gasteiger partial charge in [0.15, 0.2) is 5.78 Å². The zero-order chi connectivity index (χ0) is 17.8. The summed E-state index contributed by atoms with van der Waals surface area (Å²) in [7, 11) is 1.59. The number of nitrogens with zero attached hydrogens (tertiary/aromatic N) is 1. The Kier molecular flexibility index (Phi) is 8.96. The third-order valence-corrected chi connectivity index (χ3v) is 4.93. The fourth-order valence-electron chi connectivity index (χ4n) is 3.49. The van der Waals surface area contributed by atoms with E-state index in [0.717, 1.165) is 23.9 Å². The summed E-state index contributed by atoms with van der Waals surface area (Å²) in [4.78, 5) is 28.4. The van der Waals surface area contributed by atoms with Crippen LogP contribution in [-0.4, -0.2) is 42.0 Å². The van der Waals surface area contributed by atoms with Crippen molar-refractivity contribution in [2.75, 3.05) is 20.2 Å². The largest absolute Gasteiger partial charge is 0.497 e. The molecule has 0 spiro atoms. The van der Waals surface area contributed by atoms with Crippen LogP contribution in [0.1, 0.15) is 29.6 Å². The molecule has 1 aromatic heterocycles. The van der Waals surface area contributed by atoms with Crippen molar-refractivity contribution in [1.29, 1.82) is 0 Å². The van der Waals surface area contributed by atoms with Crippen molar-refractivity contribution >= 4 is 47.5 Å². The average Bonchev–Trinajstić information content (AvgIpc) is 2.65. The van der Waals surface area contributed by atoms with E-state index >= 15 is 0 Å². The smallest absolute Gasteiger partial charge is 0.308 e. The maximum atomic E-state index is 12.7. The number of carboxylic acid groups (broad SMARTS) is 1. The Morgan fingerprint density at radius 1 is 1.30 bits per heavy atom. The van der Waals surface area contributed by atoms with Gasteiger partial charge in [-0.05, 0) is 49.6 Å². The SMILES string of the molecule is COc1ccc2nccc(C(=O)CCC3CCNC[C@@H]3C(=O)O)c2c1.Cl.Cl. The van der Waals surface area contributed by atoms with E-state index < -0.39 is 11.9 Å². The molecule has 0 saturated carbocycles. The normalized spacial score (nSPS) is 18.9. The highest BCUT2D eigenvalue weighted by molar-refractivity contribution is 6.07. The molecule has 0 radical (unpaired) electrons. The number of Topliss-reactive ketones (excluding diaryl/α,β-unsaturated/α-hetero) is 1. The van der Waals surface area contributed by atoms with Gasteiger partial charge >= 0.3 is 5.97 Å². The van der Waals surface area contributed by atoms with E-state index in [4.69, 9.17) is 4.74 Å². The Morgan fingerprint density at radius 3 is 2.78 bits per heavy atom. The van der Waals surface area contributed by atoms with Crippen LogP contribution in [0.25, 0.3) is 10.9 Å². The lowest BCUT2D eigenvalue weighted by atomic mass is 9.82. The van der Waals surface area contributed by atoms with Crippen LogP contribution >= 0.6 is 24.8 Å². The van der Waals surface area contributed by atoms with E-state index in [1.54, 1.807) is 19.4 Å². The Bertz CT molecular complexity index is 800. The van der Waals surface area contributed by atoms with Crippen molar-refractivity contribution < 1.29 is 19.4 Å². The summed E-state index contributed by atoms with van der Waals surface area (Å²) >= 11 is 0. The second-order valence-electron chi connectivity index (χ2n) is 6.40. The standard InChI is InChI=1S/C19H22N2O4.2ClH/c1-25-13-3-4-17-15(10-13)14(7-9-21-17)18(22)5-2-12-6-8-20-11-16(12)19(23)24;;/h3-4,7,9-10,12,16,20H,2,5-6,8,11H2,1H3,(H,23,24);2*1H/t12?,16-;;/m0../s1. The first-order valence-electron chi connectivity index (χ1n) is 8.49. The molecule has 1 unspecified atom stereocenters. The van der Waals surface area contributed by atoms with E-state index in [9.17, 15) is 14.7 Å². The van der Waals surface area contributed by atoms with Gasteiger partial charge in [0.05, 0.1) is 18.5 Å². The predicted octanol–water partition coefficient (Wildman–Crippen LogP) is 3.36. The van der Waals surface area contributed by atoms with E-state index in [-0.39, 0.29) is 36.5 Å². The number of carboxylic acids is 1. The summed E-state index contributed by atoms with van der Waals surface area (Å²) in [5.41, 5.74) is 1.36.